The van der Waals surface area contributed by atoms with Gasteiger partial charge in [-0.3, -0.25) is 19.2 Å². The molecule has 2 aliphatic heterocycles. The van der Waals surface area contributed by atoms with E-state index in [1.807, 2.05) is 76.2 Å². The Balaban J connectivity index is 1.93. The maximum atomic E-state index is 14.6. The highest BCUT2D eigenvalue weighted by atomic mass is 16.5. The van der Waals surface area contributed by atoms with E-state index in [0.29, 0.717) is 11.3 Å². The Bertz CT molecular complexity index is 1400. The van der Waals surface area contributed by atoms with E-state index in [1.54, 1.807) is 32.2 Å². The van der Waals surface area contributed by atoms with Crippen LogP contribution in [0.25, 0.3) is 5.70 Å². The van der Waals surface area contributed by atoms with Crippen molar-refractivity contribution < 1.29 is 23.9 Å². The first-order chi connectivity index (χ1) is 19.8. The van der Waals surface area contributed by atoms with Crippen LogP contribution in [0.1, 0.15) is 59.6 Å². The van der Waals surface area contributed by atoms with Crippen LogP contribution in [0.3, 0.4) is 0 Å². The van der Waals surface area contributed by atoms with Crippen molar-refractivity contribution in [2.24, 2.45) is 16.8 Å². The molecule has 4 rings (SSSR count). The van der Waals surface area contributed by atoms with Crippen LogP contribution in [0, 0.1) is 11.8 Å². The highest BCUT2D eigenvalue weighted by Gasteiger charge is 2.48. The number of benzene rings is 2. The fraction of sp³-hybridized carbons (Fsp3) is 0.424. The Labute approximate surface area is 247 Å². The van der Waals surface area contributed by atoms with E-state index in [-0.39, 0.29) is 36.7 Å². The summed E-state index contributed by atoms with van der Waals surface area (Å²) >= 11 is 0. The molecule has 42 heavy (non-hydrogen) atoms. The van der Waals surface area contributed by atoms with Gasteiger partial charge >= 0.3 is 0 Å². The molecule has 2 aromatic carbocycles. The molecule has 0 aliphatic carbocycles. The molecule has 3 amide bonds. The van der Waals surface area contributed by atoms with Crippen molar-refractivity contribution in [2.75, 3.05) is 6.61 Å². The minimum Gasteiger partial charge on any atom is -0.473 e. The van der Waals surface area contributed by atoms with E-state index in [1.165, 1.54) is 21.8 Å². The minimum atomic E-state index is -1.14. The second-order valence-electron chi connectivity index (χ2n) is 12.1. The fourth-order valence-corrected chi connectivity index (χ4v) is 5.24. The van der Waals surface area contributed by atoms with Gasteiger partial charge in [0.15, 0.2) is 0 Å². The Morgan fingerprint density at radius 1 is 1.00 bits per heavy atom. The third kappa shape index (κ3) is 6.30. The van der Waals surface area contributed by atoms with Gasteiger partial charge in [-0.1, -0.05) is 88.4 Å². The van der Waals surface area contributed by atoms with Gasteiger partial charge in [0, 0.05) is 31.0 Å². The Morgan fingerprint density at radius 3 is 2.10 bits per heavy atom. The number of ether oxygens (including phenoxy) is 1. The van der Waals surface area contributed by atoms with Crippen LogP contribution in [-0.2, 0) is 30.3 Å². The van der Waals surface area contributed by atoms with Gasteiger partial charge < -0.3 is 9.64 Å². The predicted molar refractivity (Wildman–Crippen MR) is 161 cm³/mol. The zero-order valence-electron chi connectivity index (χ0n) is 25.4. The first-order valence-corrected chi connectivity index (χ1v) is 14.4. The first kappa shape index (κ1) is 30.7. The van der Waals surface area contributed by atoms with Crippen LogP contribution in [0.2, 0.25) is 0 Å². The zero-order chi connectivity index (χ0) is 30.8. The number of carbonyl (C=O) groups excluding carboxylic acids is 4. The summed E-state index contributed by atoms with van der Waals surface area (Å²) in [6.07, 6.45) is 1.76. The SMILES string of the molecule is CC(=O)N([C@@H](Cc1ccccc1)C(=O)C1=NC(C)(C)CO1)N1C(=O)[C@@H](C(C)C)N(C(=O)C(C)C)C=C1c1ccccc1. The van der Waals surface area contributed by atoms with Crippen molar-refractivity contribution in [3.8, 4) is 0 Å². The molecule has 2 aliphatic rings. The summed E-state index contributed by atoms with van der Waals surface area (Å²) in [6.45, 7) is 12.6. The second-order valence-corrected chi connectivity index (χ2v) is 12.1. The summed E-state index contributed by atoms with van der Waals surface area (Å²) in [5.41, 5.74) is 1.14. The van der Waals surface area contributed by atoms with Crippen molar-refractivity contribution in [3.05, 3.63) is 78.0 Å². The largest absolute Gasteiger partial charge is 0.473 e. The number of Topliss-reactive ketones (excluding diaryl/α,β-unsaturated/α-hetero) is 1. The number of carbonyl (C=O) groups is 4. The normalized spacial score (nSPS) is 18.9. The molecular weight excluding hydrogens is 532 g/mol. The van der Waals surface area contributed by atoms with E-state index in [2.05, 4.69) is 4.99 Å². The van der Waals surface area contributed by atoms with E-state index < -0.39 is 35.2 Å². The lowest BCUT2D eigenvalue weighted by Gasteiger charge is -2.47. The number of aliphatic imine (C=N–C) groups is 1. The van der Waals surface area contributed by atoms with Crippen molar-refractivity contribution in [1.29, 1.82) is 0 Å². The number of ketones is 1. The molecule has 0 unspecified atom stereocenters. The van der Waals surface area contributed by atoms with Gasteiger partial charge in [0.25, 0.3) is 11.8 Å². The molecule has 222 valence electrons. The number of hydrogen-bond donors (Lipinski definition) is 0. The smallest absolute Gasteiger partial charge is 0.269 e. The summed E-state index contributed by atoms with van der Waals surface area (Å²) in [7, 11) is 0. The van der Waals surface area contributed by atoms with Gasteiger partial charge in [-0.05, 0) is 25.3 Å². The topological polar surface area (TPSA) is 99.6 Å². The average molecular weight is 573 g/mol. The minimum absolute atomic E-state index is 0.0705. The molecule has 0 spiro atoms. The lowest BCUT2D eigenvalue weighted by molar-refractivity contribution is -0.168. The lowest BCUT2D eigenvalue weighted by atomic mass is 9.96. The van der Waals surface area contributed by atoms with Gasteiger partial charge in [0.2, 0.25) is 17.6 Å². The first-order valence-electron chi connectivity index (χ1n) is 14.4. The van der Waals surface area contributed by atoms with Crippen molar-refractivity contribution >= 4 is 35.1 Å². The Kier molecular flexibility index (Phi) is 8.99. The van der Waals surface area contributed by atoms with Crippen LogP contribution in [0.15, 0.2) is 71.9 Å². The highest BCUT2D eigenvalue weighted by molar-refractivity contribution is 6.39. The maximum absolute atomic E-state index is 14.6. The summed E-state index contributed by atoms with van der Waals surface area (Å²) in [6, 6.07) is 16.4. The third-order valence-corrected chi connectivity index (χ3v) is 7.29. The molecule has 0 radical (unpaired) electrons. The van der Waals surface area contributed by atoms with E-state index in [0.717, 1.165) is 5.56 Å². The van der Waals surface area contributed by atoms with Crippen molar-refractivity contribution in [3.63, 3.8) is 0 Å². The maximum Gasteiger partial charge on any atom is 0.269 e. The molecule has 0 saturated carbocycles. The van der Waals surface area contributed by atoms with Crippen LogP contribution in [0.5, 0.6) is 0 Å². The highest BCUT2D eigenvalue weighted by Crippen LogP contribution is 2.34. The lowest BCUT2D eigenvalue weighted by Crippen LogP contribution is -2.64. The molecule has 0 bridgehead atoms. The quantitative estimate of drug-likeness (QED) is 0.441. The number of rotatable bonds is 9. The molecule has 0 aromatic heterocycles. The fourth-order valence-electron chi connectivity index (χ4n) is 5.24. The van der Waals surface area contributed by atoms with E-state index in [4.69, 9.17) is 4.74 Å². The molecule has 0 fully saturated rings. The third-order valence-electron chi connectivity index (χ3n) is 7.29. The summed E-state index contributed by atoms with van der Waals surface area (Å²) in [5, 5.41) is 2.51. The molecule has 2 atom stereocenters. The van der Waals surface area contributed by atoms with Crippen LogP contribution < -0.4 is 0 Å². The van der Waals surface area contributed by atoms with Crippen LogP contribution in [-0.4, -0.2) is 68.5 Å². The summed E-state index contributed by atoms with van der Waals surface area (Å²) in [4.78, 5) is 61.8. The molecule has 9 heteroatoms. The van der Waals surface area contributed by atoms with E-state index in [9.17, 15) is 19.2 Å². The van der Waals surface area contributed by atoms with Gasteiger partial charge in [0.1, 0.15) is 18.7 Å². The molecule has 0 saturated heterocycles. The summed E-state index contributed by atoms with van der Waals surface area (Å²) < 4.78 is 5.73. The molecular formula is C33H40N4O5. The number of hydrazine groups is 1. The predicted octanol–water partition coefficient (Wildman–Crippen LogP) is 4.49. The van der Waals surface area contributed by atoms with Gasteiger partial charge in [-0.2, -0.15) is 0 Å². The van der Waals surface area contributed by atoms with E-state index >= 15 is 0 Å². The van der Waals surface area contributed by atoms with Crippen LogP contribution in [0.4, 0.5) is 0 Å². The zero-order valence-corrected chi connectivity index (χ0v) is 25.4. The van der Waals surface area contributed by atoms with Crippen molar-refractivity contribution in [1.82, 2.24) is 14.9 Å². The Hall–Kier alpha value is -4.27. The average Bonchev–Trinajstić information content (AvgIpc) is 3.32. The van der Waals surface area contributed by atoms with Gasteiger partial charge in [-0.15, -0.1) is 0 Å². The van der Waals surface area contributed by atoms with Gasteiger partial charge in [-0.25, -0.2) is 15.0 Å². The number of amides is 3. The van der Waals surface area contributed by atoms with Crippen molar-refractivity contribution in [2.45, 2.75) is 72.5 Å². The molecule has 0 N–H and O–H groups in total. The molecule has 2 heterocycles. The number of hydrogen-bond acceptors (Lipinski definition) is 6. The standard InChI is InChI=1S/C33H40N4O5/c1-21(2)28-32(41)37(27(25-16-12-9-13-17-25)19-35(28)31(40)22(3)4)36(23(5)38)26(18-24-14-10-8-11-15-24)29(39)30-34-33(6,7)20-42-30/h8-17,19,21-22,26,28H,18,20H2,1-7H3/t26-,28+/m0/s1. The van der Waals surface area contributed by atoms with Gasteiger partial charge in [0.05, 0.1) is 11.2 Å². The Morgan fingerprint density at radius 2 is 1.60 bits per heavy atom. The summed E-state index contributed by atoms with van der Waals surface area (Å²) in [5.74, 6) is -2.41. The second kappa shape index (κ2) is 12.3. The molecule has 2 aromatic rings. The van der Waals surface area contributed by atoms with Crippen LogP contribution >= 0.6 is 0 Å². The molecule has 9 nitrogen and oxygen atoms in total. The number of nitrogens with zero attached hydrogens (tertiary/aromatic N) is 4. The monoisotopic (exact) mass is 572 g/mol.